The quantitative estimate of drug-likeness (QED) is 0.859. The molecule has 0 saturated heterocycles. The molecular formula is C20H25N3O. The number of benzene rings is 1. The van der Waals surface area contributed by atoms with Crippen molar-refractivity contribution in [2.24, 2.45) is 0 Å². The number of para-hydroxylation sites is 1. The highest BCUT2D eigenvalue weighted by molar-refractivity contribution is 5.89. The Hall–Kier alpha value is -2.36. The van der Waals surface area contributed by atoms with Gasteiger partial charge in [-0.15, -0.1) is 0 Å². The van der Waals surface area contributed by atoms with E-state index in [1.807, 2.05) is 53.4 Å². The number of anilines is 1. The van der Waals surface area contributed by atoms with Crippen LogP contribution in [0.1, 0.15) is 50.8 Å². The Morgan fingerprint density at radius 2 is 1.79 bits per heavy atom. The highest BCUT2D eigenvalue weighted by Crippen LogP contribution is 2.30. The minimum atomic E-state index is -0.0435. The predicted molar refractivity (Wildman–Crippen MR) is 96.8 cm³/mol. The number of hydrogen-bond acceptors (Lipinski definition) is 2. The number of urea groups is 1. The van der Waals surface area contributed by atoms with E-state index >= 15 is 0 Å². The molecule has 1 aromatic carbocycles. The number of carbonyl (C=O) groups is 1. The van der Waals surface area contributed by atoms with Crippen LogP contribution in [0.25, 0.3) is 0 Å². The van der Waals surface area contributed by atoms with Crippen molar-refractivity contribution in [3.63, 3.8) is 0 Å². The molecule has 1 aromatic heterocycles. The van der Waals surface area contributed by atoms with E-state index < -0.39 is 0 Å². The van der Waals surface area contributed by atoms with Gasteiger partial charge in [-0.3, -0.25) is 4.98 Å². The highest BCUT2D eigenvalue weighted by Gasteiger charge is 2.30. The van der Waals surface area contributed by atoms with E-state index in [-0.39, 0.29) is 18.1 Å². The van der Waals surface area contributed by atoms with Gasteiger partial charge in [-0.2, -0.15) is 0 Å². The topological polar surface area (TPSA) is 45.2 Å². The van der Waals surface area contributed by atoms with E-state index in [0.717, 1.165) is 24.2 Å². The van der Waals surface area contributed by atoms with Crippen LogP contribution in [0.2, 0.25) is 0 Å². The summed E-state index contributed by atoms with van der Waals surface area (Å²) in [5.41, 5.74) is 1.77. The molecule has 4 nitrogen and oxygen atoms in total. The zero-order valence-electron chi connectivity index (χ0n) is 14.2. The molecule has 1 N–H and O–H groups in total. The van der Waals surface area contributed by atoms with E-state index in [0.29, 0.717) is 0 Å². The molecule has 0 bridgehead atoms. The maximum Gasteiger partial charge on any atom is 0.322 e. The Bertz CT molecular complexity index is 638. The molecule has 1 unspecified atom stereocenters. The maximum absolute atomic E-state index is 13.0. The normalized spacial score (nSPS) is 16.4. The summed E-state index contributed by atoms with van der Waals surface area (Å²) in [6.45, 7) is 2.07. The Labute approximate surface area is 143 Å². The molecule has 0 radical (unpaired) electrons. The van der Waals surface area contributed by atoms with Crippen molar-refractivity contribution in [1.82, 2.24) is 9.88 Å². The first-order valence-electron chi connectivity index (χ1n) is 8.81. The van der Waals surface area contributed by atoms with E-state index in [1.54, 1.807) is 6.20 Å². The fourth-order valence-electron chi connectivity index (χ4n) is 3.49. The number of carbonyl (C=O) groups excluding carboxylic acids is 1. The van der Waals surface area contributed by atoms with Crippen LogP contribution in [0.4, 0.5) is 10.5 Å². The van der Waals surface area contributed by atoms with E-state index in [4.69, 9.17) is 0 Å². The van der Waals surface area contributed by atoms with Gasteiger partial charge in [-0.25, -0.2) is 4.79 Å². The summed E-state index contributed by atoms with van der Waals surface area (Å²) < 4.78 is 0. The van der Waals surface area contributed by atoms with Gasteiger partial charge in [-0.1, -0.05) is 43.5 Å². The van der Waals surface area contributed by atoms with Crippen LogP contribution in [0, 0.1) is 0 Å². The first kappa shape index (κ1) is 16.5. The molecule has 3 rings (SSSR count). The van der Waals surface area contributed by atoms with Gasteiger partial charge in [0.25, 0.3) is 0 Å². The van der Waals surface area contributed by atoms with Crippen LogP contribution in [-0.2, 0) is 0 Å². The van der Waals surface area contributed by atoms with Gasteiger partial charge in [0.05, 0.1) is 11.7 Å². The van der Waals surface area contributed by atoms with Crippen molar-refractivity contribution in [1.29, 1.82) is 0 Å². The molecule has 24 heavy (non-hydrogen) atoms. The van der Waals surface area contributed by atoms with Crippen LogP contribution in [0.3, 0.4) is 0 Å². The van der Waals surface area contributed by atoms with Crippen LogP contribution in [-0.4, -0.2) is 22.0 Å². The molecule has 4 heteroatoms. The molecule has 2 amide bonds. The largest absolute Gasteiger partial charge is 0.322 e. The molecule has 0 aliphatic heterocycles. The average Bonchev–Trinajstić information content (AvgIpc) is 2.64. The Balaban J connectivity index is 1.82. The summed E-state index contributed by atoms with van der Waals surface area (Å²) >= 11 is 0. The third-order valence-electron chi connectivity index (χ3n) is 4.76. The second-order valence-electron chi connectivity index (χ2n) is 6.43. The number of aromatic nitrogens is 1. The van der Waals surface area contributed by atoms with Crippen LogP contribution >= 0.6 is 0 Å². The summed E-state index contributed by atoms with van der Waals surface area (Å²) in [4.78, 5) is 19.5. The van der Waals surface area contributed by atoms with Gasteiger partial charge < -0.3 is 10.2 Å². The minimum absolute atomic E-state index is 0.0359. The number of hydrogen-bond donors (Lipinski definition) is 1. The Kier molecular flexibility index (Phi) is 5.47. The predicted octanol–water partition coefficient (Wildman–Crippen LogP) is 5.01. The molecule has 0 spiro atoms. The lowest BCUT2D eigenvalue weighted by Gasteiger charge is -2.38. The second kappa shape index (κ2) is 7.95. The number of amides is 2. The molecule has 126 valence electrons. The summed E-state index contributed by atoms with van der Waals surface area (Å²) in [5, 5.41) is 3.05. The number of nitrogens with one attached hydrogen (secondary N) is 1. The third-order valence-corrected chi connectivity index (χ3v) is 4.76. The molecule has 2 aromatic rings. The molecule has 1 aliphatic carbocycles. The van der Waals surface area contributed by atoms with Crippen molar-refractivity contribution in [2.75, 3.05) is 5.32 Å². The van der Waals surface area contributed by atoms with Gasteiger partial charge >= 0.3 is 6.03 Å². The summed E-state index contributed by atoms with van der Waals surface area (Å²) in [5.74, 6) is 0. The minimum Gasteiger partial charge on any atom is -0.313 e. The summed E-state index contributed by atoms with van der Waals surface area (Å²) in [6, 6.07) is 15.7. The first-order chi connectivity index (χ1) is 11.8. The van der Waals surface area contributed by atoms with Gasteiger partial charge in [0.15, 0.2) is 0 Å². The second-order valence-corrected chi connectivity index (χ2v) is 6.43. The van der Waals surface area contributed by atoms with Crippen LogP contribution in [0.15, 0.2) is 54.7 Å². The van der Waals surface area contributed by atoms with Crippen molar-refractivity contribution < 1.29 is 4.79 Å². The average molecular weight is 323 g/mol. The number of rotatable bonds is 4. The molecular weight excluding hydrogens is 298 g/mol. The molecule has 1 saturated carbocycles. The first-order valence-corrected chi connectivity index (χ1v) is 8.81. The lowest BCUT2D eigenvalue weighted by atomic mass is 9.93. The smallest absolute Gasteiger partial charge is 0.313 e. The molecule has 1 fully saturated rings. The molecule has 1 aliphatic rings. The Morgan fingerprint density at radius 3 is 2.46 bits per heavy atom. The summed E-state index contributed by atoms with van der Waals surface area (Å²) in [6.07, 6.45) is 7.57. The van der Waals surface area contributed by atoms with E-state index in [9.17, 15) is 4.79 Å². The van der Waals surface area contributed by atoms with E-state index in [1.165, 1.54) is 19.3 Å². The van der Waals surface area contributed by atoms with E-state index in [2.05, 4.69) is 17.2 Å². The maximum atomic E-state index is 13.0. The standard InChI is InChI=1S/C20H25N3O/c1-16(19-14-8-9-15-21-19)23(18-12-6-3-7-13-18)20(24)22-17-10-4-2-5-11-17/h2,4-5,8-11,14-16,18H,3,6-7,12-13H2,1H3,(H,22,24). The van der Waals surface area contributed by atoms with Crippen molar-refractivity contribution in [2.45, 2.75) is 51.1 Å². The number of nitrogens with zero attached hydrogens (tertiary/aromatic N) is 2. The highest BCUT2D eigenvalue weighted by atomic mass is 16.2. The fourth-order valence-corrected chi connectivity index (χ4v) is 3.49. The van der Waals surface area contributed by atoms with Gasteiger partial charge in [-0.05, 0) is 44.0 Å². The number of pyridine rings is 1. The SMILES string of the molecule is CC(c1ccccn1)N(C(=O)Nc1ccccc1)C1CCCCC1. The van der Waals surface area contributed by atoms with Crippen LogP contribution < -0.4 is 5.32 Å². The zero-order valence-corrected chi connectivity index (χ0v) is 14.2. The van der Waals surface area contributed by atoms with Crippen LogP contribution in [0.5, 0.6) is 0 Å². The lowest BCUT2D eigenvalue weighted by molar-refractivity contribution is 0.138. The fraction of sp³-hybridized carbons (Fsp3) is 0.400. The molecule has 1 heterocycles. The summed E-state index contributed by atoms with van der Waals surface area (Å²) in [7, 11) is 0. The zero-order chi connectivity index (χ0) is 16.8. The van der Waals surface area contributed by atoms with Gasteiger partial charge in [0.1, 0.15) is 0 Å². The van der Waals surface area contributed by atoms with Crippen molar-refractivity contribution in [3.8, 4) is 0 Å². The molecule has 1 atom stereocenters. The monoisotopic (exact) mass is 323 g/mol. The van der Waals surface area contributed by atoms with Gasteiger partial charge in [0, 0.05) is 17.9 Å². The third kappa shape index (κ3) is 3.94. The van der Waals surface area contributed by atoms with Gasteiger partial charge in [0.2, 0.25) is 0 Å². The van der Waals surface area contributed by atoms with Crippen molar-refractivity contribution in [3.05, 3.63) is 60.4 Å². The van der Waals surface area contributed by atoms with Crippen molar-refractivity contribution >= 4 is 11.7 Å². The Morgan fingerprint density at radius 1 is 1.08 bits per heavy atom. The lowest BCUT2D eigenvalue weighted by Crippen LogP contribution is -2.45.